The Balaban J connectivity index is 1.72. The van der Waals surface area contributed by atoms with Crippen molar-refractivity contribution < 1.29 is 19.1 Å². The van der Waals surface area contributed by atoms with Crippen molar-refractivity contribution in [1.82, 2.24) is 14.0 Å². The zero-order chi connectivity index (χ0) is 20.4. The molecule has 3 aromatic heterocycles. The molecule has 0 amide bonds. The number of methoxy groups -OCH3 is 1. The van der Waals surface area contributed by atoms with Crippen LogP contribution in [0.3, 0.4) is 0 Å². The average molecular weight is 383 g/mol. The molecule has 1 atom stereocenters. The van der Waals surface area contributed by atoms with E-state index in [4.69, 9.17) is 9.47 Å². The summed E-state index contributed by atoms with van der Waals surface area (Å²) in [5, 5.41) is 0. The van der Waals surface area contributed by atoms with Gasteiger partial charge in [0.05, 0.1) is 12.6 Å². The van der Waals surface area contributed by atoms with Crippen LogP contribution in [0.5, 0.6) is 0 Å². The van der Waals surface area contributed by atoms with E-state index < -0.39 is 5.97 Å². The summed E-state index contributed by atoms with van der Waals surface area (Å²) in [6.45, 7) is 8.01. The molecule has 0 aromatic carbocycles. The third-order valence-corrected chi connectivity index (χ3v) is 4.87. The van der Waals surface area contributed by atoms with E-state index in [1.54, 1.807) is 13.3 Å². The molecule has 0 aliphatic carbocycles. The number of ketones is 1. The Morgan fingerprint density at radius 3 is 2.61 bits per heavy atom. The molecule has 0 aliphatic rings. The smallest absolute Gasteiger partial charge is 0.359 e. The number of pyridine rings is 1. The molecular formula is C21H25N3O4. The monoisotopic (exact) mass is 383 g/mol. The number of imidazole rings is 1. The molecule has 0 saturated heterocycles. The van der Waals surface area contributed by atoms with Gasteiger partial charge in [0.2, 0.25) is 5.78 Å². The van der Waals surface area contributed by atoms with Crippen molar-refractivity contribution in [1.29, 1.82) is 0 Å². The van der Waals surface area contributed by atoms with Crippen LogP contribution in [0, 0.1) is 20.8 Å². The maximum atomic E-state index is 12.6. The molecule has 3 aromatic rings. The number of aromatic nitrogens is 3. The lowest BCUT2D eigenvalue weighted by Gasteiger charge is -2.17. The highest BCUT2D eigenvalue weighted by atomic mass is 16.5. The van der Waals surface area contributed by atoms with Gasteiger partial charge < -0.3 is 18.4 Å². The first-order valence-electron chi connectivity index (χ1n) is 9.16. The van der Waals surface area contributed by atoms with Gasteiger partial charge in [-0.1, -0.05) is 6.07 Å². The van der Waals surface area contributed by atoms with Gasteiger partial charge in [-0.2, -0.15) is 0 Å². The van der Waals surface area contributed by atoms with E-state index in [1.165, 1.54) is 0 Å². The van der Waals surface area contributed by atoms with Crippen LogP contribution in [0.1, 0.15) is 50.9 Å². The predicted octanol–water partition coefficient (Wildman–Crippen LogP) is 3.31. The molecule has 3 heterocycles. The largest absolute Gasteiger partial charge is 0.453 e. The number of fused-ring (bicyclic) bond motifs is 1. The molecule has 3 rings (SSSR count). The molecule has 7 nitrogen and oxygen atoms in total. The zero-order valence-electron chi connectivity index (χ0n) is 16.9. The SMILES string of the molecule is COCC(C)n1c(C)cc(C(=O)COC(=O)c2cn3c(C)cccc3n2)c1C. The van der Waals surface area contributed by atoms with Crippen LogP contribution in [-0.4, -0.2) is 46.0 Å². The number of carbonyl (C=O) groups is 2. The molecule has 0 fully saturated rings. The lowest BCUT2D eigenvalue weighted by molar-refractivity contribution is 0.0469. The molecule has 1 unspecified atom stereocenters. The molecule has 0 spiro atoms. The van der Waals surface area contributed by atoms with Gasteiger partial charge in [0, 0.05) is 36.0 Å². The van der Waals surface area contributed by atoms with Crippen molar-refractivity contribution in [2.24, 2.45) is 0 Å². The number of rotatable bonds is 7. The van der Waals surface area contributed by atoms with Crippen LogP contribution in [0.25, 0.3) is 5.65 Å². The van der Waals surface area contributed by atoms with E-state index in [1.807, 2.05) is 56.4 Å². The van der Waals surface area contributed by atoms with Crippen LogP contribution in [0.2, 0.25) is 0 Å². The van der Waals surface area contributed by atoms with Crippen molar-refractivity contribution in [3.05, 3.63) is 58.8 Å². The maximum Gasteiger partial charge on any atom is 0.359 e. The first-order valence-corrected chi connectivity index (χ1v) is 9.16. The molecule has 0 radical (unpaired) electrons. The highest BCUT2D eigenvalue weighted by molar-refractivity contribution is 6.00. The third kappa shape index (κ3) is 3.71. The summed E-state index contributed by atoms with van der Waals surface area (Å²) in [6, 6.07) is 7.54. The lowest BCUT2D eigenvalue weighted by Crippen LogP contribution is -2.17. The third-order valence-electron chi connectivity index (χ3n) is 4.87. The summed E-state index contributed by atoms with van der Waals surface area (Å²) in [4.78, 5) is 29.2. The molecule has 148 valence electrons. The number of ether oxygens (including phenoxy) is 2. The van der Waals surface area contributed by atoms with E-state index in [-0.39, 0.29) is 24.1 Å². The Bertz CT molecular complexity index is 1030. The van der Waals surface area contributed by atoms with Crippen molar-refractivity contribution in [2.75, 3.05) is 20.3 Å². The van der Waals surface area contributed by atoms with Crippen molar-refractivity contribution in [3.8, 4) is 0 Å². The summed E-state index contributed by atoms with van der Waals surface area (Å²) in [5.41, 5.74) is 4.16. The van der Waals surface area contributed by atoms with Crippen LogP contribution >= 0.6 is 0 Å². The molecule has 28 heavy (non-hydrogen) atoms. The number of hydrogen-bond donors (Lipinski definition) is 0. The molecule has 0 bridgehead atoms. The van der Waals surface area contributed by atoms with Crippen molar-refractivity contribution in [2.45, 2.75) is 33.7 Å². The van der Waals surface area contributed by atoms with E-state index in [9.17, 15) is 9.59 Å². The molecule has 7 heteroatoms. The summed E-state index contributed by atoms with van der Waals surface area (Å²) >= 11 is 0. The molecule has 0 saturated carbocycles. The summed E-state index contributed by atoms with van der Waals surface area (Å²) < 4.78 is 14.3. The maximum absolute atomic E-state index is 12.6. The van der Waals surface area contributed by atoms with E-state index in [0.29, 0.717) is 17.8 Å². The Morgan fingerprint density at radius 2 is 1.93 bits per heavy atom. The quantitative estimate of drug-likeness (QED) is 0.462. The standard InChI is InChI=1S/C21H25N3O4/c1-13-7-6-8-20-22-18(10-23(13)20)21(26)28-12-19(25)17-9-14(2)24(16(17)4)15(3)11-27-5/h6-10,15H,11-12H2,1-5H3. The summed E-state index contributed by atoms with van der Waals surface area (Å²) in [5.74, 6) is -0.852. The average Bonchev–Trinajstić information content (AvgIpc) is 3.21. The normalized spacial score (nSPS) is 12.3. The van der Waals surface area contributed by atoms with Gasteiger partial charge >= 0.3 is 5.97 Å². The fourth-order valence-electron chi connectivity index (χ4n) is 3.58. The molecule has 0 N–H and O–H groups in total. The number of carbonyl (C=O) groups excluding carboxylic acids is 2. The Morgan fingerprint density at radius 1 is 1.18 bits per heavy atom. The second-order valence-electron chi connectivity index (χ2n) is 6.98. The van der Waals surface area contributed by atoms with Gasteiger partial charge in [0.15, 0.2) is 12.3 Å². The van der Waals surface area contributed by atoms with E-state index in [0.717, 1.165) is 17.1 Å². The van der Waals surface area contributed by atoms with Crippen LogP contribution in [-0.2, 0) is 9.47 Å². The first kappa shape index (κ1) is 19.8. The minimum atomic E-state index is -0.613. The number of hydrogen-bond acceptors (Lipinski definition) is 5. The number of nitrogens with zero attached hydrogens (tertiary/aromatic N) is 3. The highest BCUT2D eigenvalue weighted by Gasteiger charge is 2.21. The minimum absolute atomic E-state index is 0.107. The lowest BCUT2D eigenvalue weighted by atomic mass is 10.1. The Labute approximate surface area is 163 Å². The summed E-state index contributed by atoms with van der Waals surface area (Å²) in [7, 11) is 1.65. The second-order valence-corrected chi connectivity index (χ2v) is 6.98. The van der Waals surface area contributed by atoms with Gasteiger partial charge in [-0.3, -0.25) is 4.79 Å². The number of esters is 1. The Kier molecular flexibility index (Phi) is 5.65. The Hall–Kier alpha value is -2.93. The molecule has 0 aliphatic heterocycles. The van der Waals surface area contributed by atoms with Gasteiger partial charge in [0.1, 0.15) is 5.65 Å². The van der Waals surface area contributed by atoms with Gasteiger partial charge in [-0.25, -0.2) is 9.78 Å². The number of aryl methyl sites for hydroxylation is 2. The fraction of sp³-hybridized carbons (Fsp3) is 0.381. The fourth-order valence-corrected chi connectivity index (χ4v) is 3.58. The topological polar surface area (TPSA) is 74.8 Å². The predicted molar refractivity (Wildman–Crippen MR) is 105 cm³/mol. The van der Waals surface area contributed by atoms with E-state index >= 15 is 0 Å². The zero-order valence-corrected chi connectivity index (χ0v) is 16.9. The van der Waals surface area contributed by atoms with Gasteiger partial charge in [0.25, 0.3) is 0 Å². The van der Waals surface area contributed by atoms with Crippen molar-refractivity contribution >= 4 is 17.4 Å². The van der Waals surface area contributed by atoms with Gasteiger partial charge in [-0.05, 0) is 45.9 Å². The van der Waals surface area contributed by atoms with Crippen LogP contribution in [0.15, 0.2) is 30.5 Å². The molecular weight excluding hydrogens is 358 g/mol. The number of Topliss-reactive ketones (excluding diaryl/α,β-unsaturated/α-hetero) is 1. The van der Waals surface area contributed by atoms with Crippen LogP contribution < -0.4 is 0 Å². The highest BCUT2D eigenvalue weighted by Crippen LogP contribution is 2.21. The van der Waals surface area contributed by atoms with Crippen molar-refractivity contribution in [3.63, 3.8) is 0 Å². The summed E-state index contributed by atoms with van der Waals surface area (Å²) in [6.07, 6.45) is 1.62. The van der Waals surface area contributed by atoms with Crippen LogP contribution in [0.4, 0.5) is 0 Å². The second kappa shape index (κ2) is 7.98. The minimum Gasteiger partial charge on any atom is -0.453 e. The first-order chi connectivity index (χ1) is 13.3. The van der Waals surface area contributed by atoms with E-state index in [2.05, 4.69) is 9.55 Å². The van der Waals surface area contributed by atoms with Gasteiger partial charge in [-0.15, -0.1) is 0 Å².